The van der Waals surface area contributed by atoms with E-state index in [1.54, 1.807) is 11.3 Å². The number of benzene rings is 1. The van der Waals surface area contributed by atoms with Crippen molar-refractivity contribution in [2.75, 3.05) is 12.3 Å². The van der Waals surface area contributed by atoms with Crippen LogP contribution in [0.3, 0.4) is 0 Å². The van der Waals surface area contributed by atoms with Gasteiger partial charge in [-0.15, -0.1) is 11.3 Å². The Morgan fingerprint density at radius 3 is 2.89 bits per heavy atom. The van der Waals surface area contributed by atoms with Crippen molar-refractivity contribution in [3.63, 3.8) is 0 Å². The van der Waals surface area contributed by atoms with Crippen LogP contribution in [-0.4, -0.2) is 11.4 Å². The normalized spacial score (nSPS) is 17.2. The van der Waals surface area contributed by atoms with Gasteiger partial charge in [-0.3, -0.25) is 4.90 Å². The molecule has 2 nitrogen and oxygen atoms in total. The van der Waals surface area contributed by atoms with Gasteiger partial charge in [0.15, 0.2) is 0 Å². The van der Waals surface area contributed by atoms with Crippen LogP contribution < -0.4 is 5.73 Å². The Morgan fingerprint density at radius 2 is 2.16 bits per heavy atom. The molecule has 0 amide bonds. The zero-order valence-corrected chi connectivity index (χ0v) is 12.5. The van der Waals surface area contributed by atoms with E-state index in [0.717, 1.165) is 29.5 Å². The summed E-state index contributed by atoms with van der Waals surface area (Å²) in [6, 6.07) is 10.8. The van der Waals surface area contributed by atoms with Crippen molar-refractivity contribution >= 4 is 28.6 Å². The van der Waals surface area contributed by atoms with E-state index in [9.17, 15) is 0 Å². The van der Waals surface area contributed by atoms with Gasteiger partial charge in [0.2, 0.25) is 0 Å². The number of nitrogens with two attached hydrogens (primary N) is 1. The van der Waals surface area contributed by atoms with Crippen molar-refractivity contribution in [2.24, 2.45) is 0 Å². The first-order valence-electron chi connectivity index (χ1n) is 6.50. The van der Waals surface area contributed by atoms with E-state index in [0.29, 0.717) is 6.04 Å². The number of anilines is 1. The fourth-order valence-corrected chi connectivity index (χ4v) is 3.87. The van der Waals surface area contributed by atoms with Crippen LogP contribution in [-0.2, 0) is 13.0 Å². The Labute approximate surface area is 122 Å². The molecule has 2 heterocycles. The SMILES string of the molecule is CC(c1ccc(Cl)s1)N1CCc2c(N)cccc2C1. The number of hydrogen-bond donors (Lipinski definition) is 1. The summed E-state index contributed by atoms with van der Waals surface area (Å²) in [5.41, 5.74) is 9.67. The molecule has 0 radical (unpaired) electrons. The summed E-state index contributed by atoms with van der Waals surface area (Å²) in [6.45, 7) is 4.27. The lowest BCUT2D eigenvalue weighted by Gasteiger charge is -2.33. The topological polar surface area (TPSA) is 29.3 Å². The third kappa shape index (κ3) is 2.50. The molecule has 2 N–H and O–H groups in total. The van der Waals surface area contributed by atoms with E-state index < -0.39 is 0 Å². The van der Waals surface area contributed by atoms with E-state index >= 15 is 0 Å². The van der Waals surface area contributed by atoms with E-state index in [4.69, 9.17) is 17.3 Å². The summed E-state index contributed by atoms with van der Waals surface area (Å²) in [5.74, 6) is 0. The van der Waals surface area contributed by atoms with Crippen LogP contribution in [0, 0.1) is 0 Å². The predicted molar refractivity (Wildman–Crippen MR) is 82.7 cm³/mol. The Kier molecular flexibility index (Phi) is 3.52. The lowest BCUT2D eigenvalue weighted by molar-refractivity contribution is 0.195. The molecule has 1 aromatic heterocycles. The van der Waals surface area contributed by atoms with Crippen molar-refractivity contribution < 1.29 is 0 Å². The zero-order valence-electron chi connectivity index (χ0n) is 10.9. The molecular weight excluding hydrogens is 276 g/mol. The van der Waals surface area contributed by atoms with Gasteiger partial charge in [-0.05, 0) is 42.7 Å². The fraction of sp³-hybridized carbons (Fsp3) is 0.333. The molecule has 0 aliphatic carbocycles. The molecule has 1 atom stereocenters. The smallest absolute Gasteiger partial charge is 0.0931 e. The first-order chi connectivity index (χ1) is 9.15. The minimum Gasteiger partial charge on any atom is -0.398 e. The Hall–Kier alpha value is -1.03. The van der Waals surface area contributed by atoms with E-state index in [2.05, 4.69) is 24.0 Å². The number of thiophene rings is 1. The monoisotopic (exact) mass is 292 g/mol. The Morgan fingerprint density at radius 1 is 1.32 bits per heavy atom. The van der Waals surface area contributed by atoms with Gasteiger partial charge in [-0.2, -0.15) is 0 Å². The molecule has 3 rings (SSSR count). The summed E-state index contributed by atoms with van der Waals surface area (Å²) in [7, 11) is 0. The molecule has 0 saturated carbocycles. The third-order valence-corrected chi connectivity index (χ3v) is 5.29. The Bertz CT molecular complexity index is 594. The number of halogens is 1. The summed E-state index contributed by atoms with van der Waals surface area (Å²) in [6.07, 6.45) is 1.03. The molecule has 1 aliphatic heterocycles. The lowest BCUT2D eigenvalue weighted by Crippen LogP contribution is -2.32. The molecule has 0 bridgehead atoms. The summed E-state index contributed by atoms with van der Waals surface area (Å²) < 4.78 is 0.864. The van der Waals surface area contributed by atoms with Gasteiger partial charge in [0, 0.05) is 29.7 Å². The predicted octanol–water partition coefficient (Wildman–Crippen LogP) is 4.10. The van der Waals surface area contributed by atoms with Crippen LogP contribution in [0.4, 0.5) is 5.69 Å². The number of nitrogens with zero attached hydrogens (tertiary/aromatic N) is 1. The zero-order chi connectivity index (χ0) is 13.4. The maximum absolute atomic E-state index is 6.04. The highest BCUT2D eigenvalue weighted by molar-refractivity contribution is 7.16. The van der Waals surface area contributed by atoms with Crippen LogP contribution in [0.1, 0.15) is 29.0 Å². The van der Waals surface area contributed by atoms with Crippen molar-refractivity contribution in [3.05, 3.63) is 50.7 Å². The number of rotatable bonds is 2. The molecule has 0 saturated heterocycles. The molecule has 4 heteroatoms. The fourth-order valence-electron chi connectivity index (χ4n) is 2.72. The third-order valence-electron chi connectivity index (χ3n) is 3.89. The minimum absolute atomic E-state index is 0.409. The van der Waals surface area contributed by atoms with Crippen LogP contribution in [0.15, 0.2) is 30.3 Å². The first-order valence-corrected chi connectivity index (χ1v) is 7.70. The molecule has 19 heavy (non-hydrogen) atoms. The van der Waals surface area contributed by atoms with Crippen molar-refractivity contribution in [2.45, 2.75) is 25.9 Å². The second-order valence-corrected chi connectivity index (χ2v) is 6.77. The molecular formula is C15H17ClN2S. The molecule has 100 valence electrons. The van der Waals surface area contributed by atoms with E-state index in [-0.39, 0.29) is 0 Å². The van der Waals surface area contributed by atoms with Crippen LogP contribution >= 0.6 is 22.9 Å². The number of fused-ring (bicyclic) bond motifs is 1. The Balaban J connectivity index is 1.82. The quantitative estimate of drug-likeness (QED) is 0.844. The lowest BCUT2D eigenvalue weighted by atomic mass is 9.97. The summed E-state index contributed by atoms with van der Waals surface area (Å²) in [5, 5.41) is 0. The number of hydrogen-bond acceptors (Lipinski definition) is 3. The van der Waals surface area contributed by atoms with Crippen LogP contribution in [0.5, 0.6) is 0 Å². The standard InChI is InChI=1S/C15H17ClN2S/c1-10(14-5-6-15(16)19-14)18-8-7-12-11(9-18)3-2-4-13(12)17/h2-6,10H,7-9,17H2,1H3. The van der Waals surface area contributed by atoms with Gasteiger partial charge in [-0.25, -0.2) is 0 Å². The highest BCUT2D eigenvalue weighted by atomic mass is 35.5. The minimum atomic E-state index is 0.409. The average Bonchev–Trinajstić information content (AvgIpc) is 2.84. The number of nitrogen functional groups attached to an aromatic ring is 1. The van der Waals surface area contributed by atoms with Crippen molar-refractivity contribution in [1.29, 1.82) is 0 Å². The molecule has 1 aromatic carbocycles. The molecule has 2 aromatic rings. The second-order valence-electron chi connectivity index (χ2n) is 5.02. The molecule has 1 unspecified atom stereocenters. The highest BCUT2D eigenvalue weighted by Gasteiger charge is 2.23. The van der Waals surface area contributed by atoms with Gasteiger partial charge in [0.25, 0.3) is 0 Å². The van der Waals surface area contributed by atoms with Gasteiger partial charge in [0.05, 0.1) is 4.34 Å². The van der Waals surface area contributed by atoms with Crippen LogP contribution in [0.2, 0.25) is 4.34 Å². The molecule has 0 fully saturated rings. The average molecular weight is 293 g/mol. The van der Waals surface area contributed by atoms with Crippen molar-refractivity contribution in [1.82, 2.24) is 4.90 Å². The maximum atomic E-state index is 6.04. The van der Waals surface area contributed by atoms with Gasteiger partial charge in [-0.1, -0.05) is 23.7 Å². The highest BCUT2D eigenvalue weighted by Crippen LogP contribution is 2.34. The van der Waals surface area contributed by atoms with Crippen LogP contribution in [0.25, 0.3) is 0 Å². The van der Waals surface area contributed by atoms with Crippen molar-refractivity contribution in [3.8, 4) is 0 Å². The summed E-state index contributed by atoms with van der Waals surface area (Å²) in [4.78, 5) is 3.82. The van der Waals surface area contributed by atoms with Gasteiger partial charge >= 0.3 is 0 Å². The second kappa shape index (κ2) is 5.16. The first kappa shape index (κ1) is 13.0. The van der Waals surface area contributed by atoms with Gasteiger partial charge in [0.1, 0.15) is 0 Å². The largest absolute Gasteiger partial charge is 0.398 e. The van der Waals surface area contributed by atoms with E-state index in [1.807, 2.05) is 18.2 Å². The van der Waals surface area contributed by atoms with Gasteiger partial charge < -0.3 is 5.73 Å². The maximum Gasteiger partial charge on any atom is 0.0931 e. The summed E-state index contributed by atoms with van der Waals surface area (Å²) >= 11 is 7.70. The van der Waals surface area contributed by atoms with E-state index in [1.165, 1.54) is 16.0 Å². The molecule has 0 spiro atoms. The molecule has 1 aliphatic rings.